The molecular weight excluding hydrogens is 288 g/mol. The van der Waals surface area contributed by atoms with Crippen molar-refractivity contribution in [3.8, 4) is 11.5 Å². The molecule has 0 saturated heterocycles. The van der Waals surface area contributed by atoms with Crippen LogP contribution in [-0.2, 0) is 11.2 Å². The summed E-state index contributed by atoms with van der Waals surface area (Å²) in [5.41, 5.74) is 1.00. The average Bonchev–Trinajstić information content (AvgIpc) is 2.91. The van der Waals surface area contributed by atoms with E-state index in [0.29, 0.717) is 18.0 Å². The third-order valence-corrected chi connectivity index (χ3v) is 3.62. The average molecular weight is 306 g/mol. The third-order valence-electron chi connectivity index (χ3n) is 2.80. The van der Waals surface area contributed by atoms with Crippen LogP contribution in [0.25, 0.3) is 0 Å². The number of ether oxygens (including phenoxy) is 2. The van der Waals surface area contributed by atoms with Gasteiger partial charge in [-0.15, -0.1) is 11.3 Å². The number of carbonyl (C=O) groups excluding carboxylic acids is 1. The Morgan fingerprint density at radius 2 is 2.10 bits per heavy atom. The molecule has 0 atom stereocenters. The van der Waals surface area contributed by atoms with Crippen molar-refractivity contribution >= 4 is 17.2 Å². The number of hydrogen-bond acceptors (Lipinski definition) is 5. The van der Waals surface area contributed by atoms with E-state index >= 15 is 0 Å². The summed E-state index contributed by atoms with van der Waals surface area (Å²) in [6.07, 6.45) is 0.727. The first kappa shape index (κ1) is 15.3. The monoisotopic (exact) mass is 306 g/mol. The summed E-state index contributed by atoms with van der Waals surface area (Å²) in [5, 5.41) is 5.85. The minimum Gasteiger partial charge on any atom is -0.493 e. The Balaban J connectivity index is 1.72. The molecular formula is C15H18N2O3S. The summed E-state index contributed by atoms with van der Waals surface area (Å²) in [4.78, 5) is 16.1. The number of hydrogen-bond donors (Lipinski definition) is 1. The van der Waals surface area contributed by atoms with E-state index in [2.05, 4.69) is 10.3 Å². The fourth-order valence-corrected chi connectivity index (χ4v) is 2.43. The standard InChI is InChI=1S/C15H18N2O3S/c1-11-17-12(10-21-11)7-8-16-15(18)9-20-14-6-4-3-5-13(14)19-2/h3-6,10H,7-9H2,1-2H3,(H,16,18). The van der Waals surface area contributed by atoms with Crippen LogP contribution in [0.4, 0.5) is 0 Å². The summed E-state index contributed by atoms with van der Waals surface area (Å²) in [7, 11) is 1.57. The number of methoxy groups -OCH3 is 1. The molecule has 1 N–H and O–H groups in total. The second-order valence-corrected chi connectivity index (χ2v) is 5.46. The number of para-hydroxylation sites is 2. The number of amides is 1. The highest BCUT2D eigenvalue weighted by atomic mass is 32.1. The summed E-state index contributed by atoms with van der Waals surface area (Å²) >= 11 is 1.61. The molecule has 0 radical (unpaired) electrons. The Morgan fingerprint density at radius 3 is 2.76 bits per heavy atom. The maximum atomic E-state index is 11.7. The van der Waals surface area contributed by atoms with Crippen molar-refractivity contribution in [1.82, 2.24) is 10.3 Å². The summed E-state index contributed by atoms with van der Waals surface area (Å²) in [6, 6.07) is 7.24. The van der Waals surface area contributed by atoms with Crippen LogP contribution in [0, 0.1) is 6.92 Å². The van der Waals surface area contributed by atoms with Crippen LogP contribution in [-0.4, -0.2) is 31.2 Å². The SMILES string of the molecule is COc1ccccc1OCC(=O)NCCc1csc(C)n1. The maximum Gasteiger partial charge on any atom is 0.257 e. The number of carbonyl (C=O) groups is 1. The van der Waals surface area contributed by atoms with Gasteiger partial charge in [0.2, 0.25) is 0 Å². The van der Waals surface area contributed by atoms with Crippen molar-refractivity contribution in [2.75, 3.05) is 20.3 Å². The Bertz CT molecular complexity index is 598. The lowest BCUT2D eigenvalue weighted by atomic mass is 10.3. The second kappa shape index (κ2) is 7.64. The van der Waals surface area contributed by atoms with E-state index < -0.39 is 0 Å². The number of thiazole rings is 1. The number of benzene rings is 1. The molecule has 2 aromatic rings. The van der Waals surface area contributed by atoms with E-state index in [4.69, 9.17) is 9.47 Å². The van der Waals surface area contributed by atoms with E-state index in [1.54, 1.807) is 30.6 Å². The molecule has 2 rings (SSSR count). The van der Waals surface area contributed by atoms with Gasteiger partial charge in [0.25, 0.3) is 5.91 Å². The van der Waals surface area contributed by atoms with Gasteiger partial charge in [-0.05, 0) is 19.1 Å². The fourth-order valence-electron chi connectivity index (χ4n) is 1.79. The van der Waals surface area contributed by atoms with Crippen LogP contribution in [0.1, 0.15) is 10.7 Å². The first-order valence-corrected chi connectivity index (χ1v) is 7.50. The zero-order valence-electron chi connectivity index (χ0n) is 12.1. The third kappa shape index (κ3) is 4.75. The smallest absolute Gasteiger partial charge is 0.257 e. The largest absolute Gasteiger partial charge is 0.493 e. The highest BCUT2D eigenvalue weighted by Gasteiger charge is 2.06. The zero-order valence-corrected chi connectivity index (χ0v) is 12.9. The molecule has 1 heterocycles. The van der Waals surface area contributed by atoms with Crippen molar-refractivity contribution in [1.29, 1.82) is 0 Å². The van der Waals surface area contributed by atoms with Gasteiger partial charge < -0.3 is 14.8 Å². The van der Waals surface area contributed by atoms with Crippen molar-refractivity contribution < 1.29 is 14.3 Å². The molecule has 1 aromatic carbocycles. The van der Waals surface area contributed by atoms with Crippen molar-refractivity contribution in [3.05, 3.63) is 40.3 Å². The van der Waals surface area contributed by atoms with Gasteiger partial charge in [-0.2, -0.15) is 0 Å². The number of aryl methyl sites for hydroxylation is 1. The number of nitrogens with zero attached hydrogens (tertiary/aromatic N) is 1. The predicted octanol–water partition coefficient (Wildman–Crippen LogP) is 2.20. The van der Waals surface area contributed by atoms with Crippen molar-refractivity contribution in [2.24, 2.45) is 0 Å². The van der Waals surface area contributed by atoms with Crippen molar-refractivity contribution in [3.63, 3.8) is 0 Å². The molecule has 0 aliphatic heterocycles. The van der Waals surface area contributed by atoms with Crippen molar-refractivity contribution in [2.45, 2.75) is 13.3 Å². The molecule has 6 heteroatoms. The zero-order chi connectivity index (χ0) is 15.1. The fraction of sp³-hybridized carbons (Fsp3) is 0.333. The predicted molar refractivity (Wildman–Crippen MR) is 82.1 cm³/mol. The molecule has 112 valence electrons. The van der Waals surface area contributed by atoms with Crippen LogP contribution in [0.2, 0.25) is 0 Å². The molecule has 1 amide bonds. The van der Waals surface area contributed by atoms with Crippen LogP contribution in [0.5, 0.6) is 11.5 Å². The first-order valence-electron chi connectivity index (χ1n) is 6.62. The van der Waals surface area contributed by atoms with E-state index in [1.165, 1.54) is 0 Å². The van der Waals surface area contributed by atoms with E-state index in [-0.39, 0.29) is 12.5 Å². The summed E-state index contributed by atoms with van der Waals surface area (Å²) < 4.78 is 10.6. The lowest BCUT2D eigenvalue weighted by Crippen LogP contribution is -2.30. The second-order valence-electron chi connectivity index (χ2n) is 4.40. The van der Waals surface area contributed by atoms with Crippen LogP contribution < -0.4 is 14.8 Å². The molecule has 5 nitrogen and oxygen atoms in total. The highest BCUT2D eigenvalue weighted by molar-refractivity contribution is 7.09. The number of rotatable bonds is 7. The molecule has 0 aliphatic rings. The molecule has 0 saturated carbocycles. The van der Waals surface area contributed by atoms with Gasteiger partial charge in [-0.1, -0.05) is 12.1 Å². The molecule has 0 spiro atoms. The molecule has 1 aromatic heterocycles. The van der Waals surface area contributed by atoms with Gasteiger partial charge in [0, 0.05) is 18.3 Å². The Morgan fingerprint density at radius 1 is 1.33 bits per heavy atom. The van der Waals surface area contributed by atoms with E-state index in [9.17, 15) is 4.79 Å². The van der Waals surface area contributed by atoms with Gasteiger partial charge in [0.1, 0.15) is 0 Å². The normalized spacial score (nSPS) is 10.2. The Kier molecular flexibility index (Phi) is 5.57. The number of nitrogens with one attached hydrogen (secondary N) is 1. The van der Waals surface area contributed by atoms with E-state index in [0.717, 1.165) is 17.1 Å². The molecule has 0 bridgehead atoms. The molecule has 21 heavy (non-hydrogen) atoms. The minimum atomic E-state index is -0.159. The summed E-state index contributed by atoms with van der Waals surface area (Å²) in [5.74, 6) is 1.02. The highest BCUT2D eigenvalue weighted by Crippen LogP contribution is 2.25. The quantitative estimate of drug-likeness (QED) is 0.852. The summed E-state index contributed by atoms with van der Waals surface area (Å²) in [6.45, 7) is 2.49. The minimum absolute atomic E-state index is 0.0313. The van der Waals surface area contributed by atoms with Crippen LogP contribution in [0.15, 0.2) is 29.6 Å². The number of aromatic nitrogens is 1. The van der Waals surface area contributed by atoms with E-state index in [1.807, 2.05) is 24.4 Å². The van der Waals surface area contributed by atoms with Gasteiger partial charge >= 0.3 is 0 Å². The molecule has 0 unspecified atom stereocenters. The Hall–Kier alpha value is -2.08. The lowest BCUT2D eigenvalue weighted by Gasteiger charge is -2.10. The molecule has 0 aliphatic carbocycles. The topological polar surface area (TPSA) is 60.5 Å². The van der Waals surface area contributed by atoms with Gasteiger partial charge in [-0.25, -0.2) is 4.98 Å². The Labute approximate surface area is 127 Å². The maximum absolute atomic E-state index is 11.7. The van der Waals surface area contributed by atoms with Gasteiger partial charge in [0.15, 0.2) is 18.1 Å². The molecule has 0 fully saturated rings. The van der Waals surface area contributed by atoms with Crippen LogP contribution in [0.3, 0.4) is 0 Å². The van der Waals surface area contributed by atoms with Gasteiger partial charge in [0.05, 0.1) is 17.8 Å². The van der Waals surface area contributed by atoms with Gasteiger partial charge in [-0.3, -0.25) is 4.79 Å². The lowest BCUT2D eigenvalue weighted by molar-refractivity contribution is -0.123. The van der Waals surface area contributed by atoms with Crippen LogP contribution >= 0.6 is 11.3 Å². The first-order chi connectivity index (χ1) is 10.2.